The summed E-state index contributed by atoms with van der Waals surface area (Å²) < 4.78 is 49.6. The summed E-state index contributed by atoms with van der Waals surface area (Å²) >= 11 is 0. The summed E-state index contributed by atoms with van der Waals surface area (Å²) in [6.07, 6.45) is -4.72. The van der Waals surface area contributed by atoms with Crippen LogP contribution in [0.1, 0.15) is 56.1 Å². The fraction of sp³-hybridized carbons (Fsp3) is 0.708. The van der Waals surface area contributed by atoms with E-state index in [1.54, 1.807) is 6.07 Å². The van der Waals surface area contributed by atoms with E-state index in [2.05, 4.69) is 0 Å². The van der Waals surface area contributed by atoms with E-state index in [1.165, 1.54) is 0 Å². The second-order valence-electron chi connectivity index (χ2n) is 10.7. The van der Waals surface area contributed by atoms with Crippen LogP contribution in [0.25, 0.3) is 0 Å². The minimum Gasteiger partial charge on any atom is -0.726 e. The normalized spacial score (nSPS) is 40.0. The van der Waals surface area contributed by atoms with Gasteiger partial charge in [0.15, 0.2) is 0 Å². The average molecular weight is 605 g/mol. The number of ether oxygens (including phenoxy) is 2. The van der Waals surface area contributed by atoms with Crippen LogP contribution in [0.5, 0.6) is 5.75 Å². The van der Waals surface area contributed by atoms with E-state index in [9.17, 15) is 38.2 Å². The topological polar surface area (TPSA) is 186 Å². The van der Waals surface area contributed by atoms with E-state index in [-0.39, 0.29) is 120 Å². The molecule has 3 fully saturated rings. The Balaban J connectivity index is 0.00000200. The maximum atomic E-state index is 11.3. The minimum atomic E-state index is -4.77. The summed E-state index contributed by atoms with van der Waals surface area (Å²) in [5.74, 6) is -0.565. The number of carbonyl (C=O) groups excluding carboxylic acids is 1. The average Bonchev–Trinajstić information content (AvgIpc) is 3.13. The Kier molecular flexibility index (Phi) is 11.6. The summed E-state index contributed by atoms with van der Waals surface area (Å²) in [4.78, 5) is 11.2. The second-order valence-corrected chi connectivity index (χ2v) is 11.7. The number of aliphatic hydroxyl groups is 3. The van der Waals surface area contributed by atoms with Crippen molar-refractivity contribution in [3.8, 4) is 5.75 Å². The predicted octanol–water partition coefficient (Wildman–Crippen LogP) is -6.67. The van der Waals surface area contributed by atoms with E-state index in [1.807, 2.05) is 19.1 Å². The minimum absolute atomic E-state index is 0. The van der Waals surface area contributed by atoms with Gasteiger partial charge in [-0.2, -0.15) is 0 Å². The number of aliphatic hydroxyl groups excluding tert-OH is 3. The van der Waals surface area contributed by atoms with Crippen molar-refractivity contribution in [3.05, 3.63) is 29.3 Å². The zero-order valence-electron chi connectivity index (χ0n) is 21.7. The number of fused-ring (bicyclic) bond motifs is 5. The van der Waals surface area contributed by atoms with Gasteiger partial charge < -0.3 is 39.2 Å². The van der Waals surface area contributed by atoms with E-state index < -0.39 is 53.2 Å². The summed E-state index contributed by atoms with van der Waals surface area (Å²) in [6.45, 7) is 2.03. The molecular weight excluding hydrogens is 575 g/mol. The van der Waals surface area contributed by atoms with Crippen molar-refractivity contribution in [1.29, 1.82) is 0 Å². The number of carbonyl (C=O) groups is 1. The van der Waals surface area contributed by atoms with Gasteiger partial charge in [-0.05, 0) is 85.0 Å². The summed E-state index contributed by atoms with van der Waals surface area (Å²) in [6, 6.07) is 5.44. The van der Waals surface area contributed by atoms with Crippen molar-refractivity contribution in [3.63, 3.8) is 0 Å². The molecule has 0 spiro atoms. The van der Waals surface area contributed by atoms with E-state index in [4.69, 9.17) is 13.7 Å². The number of aryl methyl sites for hydroxylation is 1. The van der Waals surface area contributed by atoms with E-state index >= 15 is 0 Å². The maximum absolute atomic E-state index is 11.3. The number of carboxylic acid groups (broad SMARTS) is 1. The van der Waals surface area contributed by atoms with Gasteiger partial charge in [-0.3, -0.25) is 4.18 Å². The van der Waals surface area contributed by atoms with Crippen LogP contribution in [0.4, 0.5) is 0 Å². The van der Waals surface area contributed by atoms with Crippen LogP contribution in [-0.2, 0) is 30.5 Å². The number of rotatable bonds is 5. The fourth-order valence-corrected chi connectivity index (χ4v) is 7.76. The zero-order chi connectivity index (χ0) is 26.0. The molecule has 0 unspecified atom stereocenters. The van der Waals surface area contributed by atoms with Crippen LogP contribution >= 0.6 is 0 Å². The molecule has 3 aliphatic carbocycles. The van der Waals surface area contributed by atoms with Gasteiger partial charge in [-0.1, -0.05) is 13.0 Å². The molecule has 1 aliphatic heterocycles. The molecule has 1 heterocycles. The molecule has 1 saturated heterocycles. The molecule has 14 heteroatoms. The molecule has 1 aromatic carbocycles. The van der Waals surface area contributed by atoms with Gasteiger partial charge >= 0.3 is 103 Å². The smallest absolute Gasteiger partial charge is 0.726 e. The molecule has 0 amide bonds. The molecule has 0 radical (unpaired) electrons. The Hall–Kier alpha value is 1.47. The van der Waals surface area contributed by atoms with Crippen molar-refractivity contribution in [2.24, 2.45) is 17.3 Å². The molecule has 0 aromatic heterocycles. The van der Waals surface area contributed by atoms with Crippen LogP contribution in [-0.4, -0.2) is 71.1 Å². The maximum Gasteiger partial charge on any atom is 1.00 e. The molecule has 2 saturated carbocycles. The molecule has 1 aromatic rings. The Bertz CT molecular complexity index is 1130. The molecular formula is C24H30K2O11S. The molecule has 11 nitrogen and oxygen atoms in total. The Morgan fingerprint density at radius 3 is 2.45 bits per heavy atom. The van der Waals surface area contributed by atoms with Crippen molar-refractivity contribution >= 4 is 16.4 Å². The molecule has 200 valence electrons. The molecule has 4 aliphatic rings. The number of hydrogen-bond donors (Lipinski definition) is 3. The molecule has 3 N–H and O–H groups in total. The number of carboxylic acids is 1. The van der Waals surface area contributed by atoms with Crippen LogP contribution in [0.2, 0.25) is 0 Å². The van der Waals surface area contributed by atoms with Gasteiger partial charge in [0, 0.05) is 0 Å². The predicted molar refractivity (Wildman–Crippen MR) is 118 cm³/mol. The van der Waals surface area contributed by atoms with Crippen molar-refractivity contribution in [2.75, 3.05) is 0 Å². The third kappa shape index (κ3) is 6.51. The Morgan fingerprint density at radius 1 is 1.08 bits per heavy atom. The molecule has 0 bridgehead atoms. The first-order valence-corrected chi connectivity index (χ1v) is 13.6. The number of aliphatic carboxylic acids is 1. The SMILES string of the molecule is C[C@]12CC[C@@H]3c4ccc(O[C@@H]5O[C@H](C(=O)[O-])[C@@H](O)[C@H](O)[C@H]5O)cc4CC[C@H]3[C@@H]1CC[C@@H]2OS(=O)(=O)[O-].[K+].[K+]. The standard InChI is InChI=1S/C24H32O11S.2K/c1-24-9-8-14-13-5-3-12(33-23-20(27)18(25)19(26)21(34-23)22(28)29)10-11(13)2-4-15(14)16(24)6-7-17(24)35-36(30,31)32;;/h3,5,10,14-21,23,25-27H,2,4,6-9H2,1H3,(H,28,29)(H,30,31,32);;/q;2*+1/p-2/t14-,15-,16+,17+,18+,19+,20-,21+,23-,24+;;/m1../s1. The summed E-state index contributed by atoms with van der Waals surface area (Å²) in [7, 11) is -4.77. The number of hydrogen-bond acceptors (Lipinski definition) is 11. The van der Waals surface area contributed by atoms with Crippen LogP contribution in [0.3, 0.4) is 0 Å². The van der Waals surface area contributed by atoms with Gasteiger partial charge in [-0.25, -0.2) is 8.42 Å². The first-order chi connectivity index (χ1) is 16.9. The van der Waals surface area contributed by atoms with Gasteiger partial charge in [0.1, 0.15) is 30.2 Å². The van der Waals surface area contributed by atoms with Gasteiger partial charge in [0.2, 0.25) is 16.7 Å². The molecule has 10 atom stereocenters. The molecule has 5 rings (SSSR count). The Morgan fingerprint density at radius 2 is 1.79 bits per heavy atom. The zero-order valence-corrected chi connectivity index (χ0v) is 28.7. The van der Waals surface area contributed by atoms with Crippen molar-refractivity contribution in [2.45, 2.75) is 88.2 Å². The third-order valence-corrected chi connectivity index (χ3v) is 9.37. The first-order valence-electron chi connectivity index (χ1n) is 12.2. The van der Waals surface area contributed by atoms with Crippen molar-refractivity contribution in [1.82, 2.24) is 0 Å². The van der Waals surface area contributed by atoms with Gasteiger partial charge in [0.25, 0.3) is 0 Å². The summed E-state index contributed by atoms with van der Waals surface area (Å²) in [5.41, 5.74) is 1.84. The summed E-state index contributed by atoms with van der Waals surface area (Å²) in [5, 5.41) is 41.3. The quantitative estimate of drug-likeness (QED) is 0.165. The van der Waals surface area contributed by atoms with Crippen LogP contribution < -0.4 is 113 Å². The van der Waals surface area contributed by atoms with Crippen LogP contribution in [0.15, 0.2) is 18.2 Å². The van der Waals surface area contributed by atoms with Crippen molar-refractivity contribution < 1.29 is 155 Å². The Labute approximate surface area is 306 Å². The first kappa shape index (κ1) is 34.0. The largest absolute Gasteiger partial charge is 1.00 e. The van der Waals surface area contributed by atoms with Gasteiger partial charge in [0.05, 0.1) is 12.1 Å². The monoisotopic (exact) mass is 604 g/mol. The van der Waals surface area contributed by atoms with E-state index in [0.29, 0.717) is 18.1 Å². The fourth-order valence-electron chi connectivity index (χ4n) is 7.16. The molecule has 38 heavy (non-hydrogen) atoms. The second kappa shape index (κ2) is 13.0. The van der Waals surface area contributed by atoms with Gasteiger partial charge in [-0.15, -0.1) is 0 Å². The van der Waals surface area contributed by atoms with E-state index in [0.717, 1.165) is 43.2 Å². The van der Waals surface area contributed by atoms with Crippen LogP contribution in [0, 0.1) is 17.3 Å². The third-order valence-electron chi connectivity index (χ3n) is 8.90. The number of benzene rings is 1.